The zero-order valence-electron chi connectivity index (χ0n) is 14.4. The fourth-order valence-electron chi connectivity index (χ4n) is 4.47. The Balaban J connectivity index is 1.55. The standard InChI is InChI=1S/C19H26N2O3/c1-2-20-9-3-5-15(20)16-6-4-10-21(16)19(22)14-7-8-17-18(13-14)24-12-11-23-17/h7-8,13,15-16H,2-6,9-12H2,1H3/t15-,16-/m0/s1. The van der Waals surface area contributed by atoms with Gasteiger partial charge in [-0.25, -0.2) is 0 Å². The molecule has 2 fully saturated rings. The van der Waals surface area contributed by atoms with Crippen LogP contribution in [-0.2, 0) is 0 Å². The monoisotopic (exact) mass is 330 g/mol. The molecule has 2 atom stereocenters. The van der Waals surface area contributed by atoms with Gasteiger partial charge in [-0.15, -0.1) is 0 Å². The second-order valence-electron chi connectivity index (χ2n) is 6.90. The summed E-state index contributed by atoms with van der Waals surface area (Å²) < 4.78 is 11.2. The molecule has 0 aromatic heterocycles. The van der Waals surface area contributed by atoms with Crippen LogP contribution in [-0.4, -0.2) is 60.6 Å². The molecule has 0 saturated carbocycles. The molecular weight excluding hydrogens is 304 g/mol. The van der Waals surface area contributed by atoms with Gasteiger partial charge in [0.15, 0.2) is 11.5 Å². The Kier molecular flexibility index (Phi) is 4.35. The number of ether oxygens (including phenoxy) is 2. The highest BCUT2D eigenvalue weighted by molar-refractivity contribution is 5.95. The number of likely N-dealkylation sites (N-methyl/N-ethyl adjacent to an activating group) is 1. The Hall–Kier alpha value is -1.75. The van der Waals surface area contributed by atoms with Crippen molar-refractivity contribution >= 4 is 5.91 Å². The van der Waals surface area contributed by atoms with E-state index >= 15 is 0 Å². The number of benzene rings is 1. The molecule has 130 valence electrons. The SMILES string of the molecule is CCN1CCC[C@H]1[C@@H]1CCCN1C(=O)c1ccc2c(c1)OCCO2. The molecule has 3 heterocycles. The van der Waals surface area contributed by atoms with Gasteiger partial charge in [0.1, 0.15) is 13.2 Å². The summed E-state index contributed by atoms with van der Waals surface area (Å²) in [4.78, 5) is 17.7. The summed E-state index contributed by atoms with van der Waals surface area (Å²) in [5.41, 5.74) is 0.715. The Labute approximate surface area is 143 Å². The summed E-state index contributed by atoms with van der Waals surface area (Å²) in [5, 5.41) is 0. The predicted octanol–water partition coefficient (Wildman–Crippen LogP) is 2.55. The van der Waals surface area contributed by atoms with Crippen LogP contribution in [0.5, 0.6) is 11.5 Å². The molecule has 5 nitrogen and oxygen atoms in total. The molecule has 24 heavy (non-hydrogen) atoms. The van der Waals surface area contributed by atoms with Crippen molar-refractivity contribution < 1.29 is 14.3 Å². The molecule has 1 aromatic rings. The molecule has 3 aliphatic rings. The van der Waals surface area contributed by atoms with Crippen LogP contribution in [0.25, 0.3) is 0 Å². The fraction of sp³-hybridized carbons (Fsp3) is 0.632. The van der Waals surface area contributed by atoms with E-state index in [4.69, 9.17) is 9.47 Å². The van der Waals surface area contributed by atoms with Gasteiger partial charge in [-0.05, 0) is 57.0 Å². The van der Waals surface area contributed by atoms with Gasteiger partial charge >= 0.3 is 0 Å². The molecule has 0 bridgehead atoms. The number of hydrogen-bond acceptors (Lipinski definition) is 4. The molecule has 3 aliphatic heterocycles. The lowest BCUT2D eigenvalue weighted by Gasteiger charge is -2.34. The molecule has 5 heteroatoms. The smallest absolute Gasteiger partial charge is 0.254 e. The van der Waals surface area contributed by atoms with Crippen LogP contribution in [0.2, 0.25) is 0 Å². The zero-order chi connectivity index (χ0) is 16.5. The third kappa shape index (κ3) is 2.75. The first-order chi connectivity index (χ1) is 11.8. The van der Waals surface area contributed by atoms with Crippen molar-refractivity contribution in [3.05, 3.63) is 23.8 Å². The molecule has 4 rings (SSSR count). The highest BCUT2D eigenvalue weighted by Gasteiger charge is 2.39. The number of rotatable bonds is 3. The van der Waals surface area contributed by atoms with E-state index < -0.39 is 0 Å². The molecule has 0 spiro atoms. The van der Waals surface area contributed by atoms with Crippen molar-refractivity contribution in [2.45, 2.75) is 44.7 Å². The van der Waals surface area contributed by atoms with Gasteiger partial charge in [0.25, 0.3) is 5.91 Å². The second kappa shape index (κ2) is 6.63. The molecule has 1 aromatic carbocycles. The van der Waals surface area contributed by atoms with E-state index in [9.17, 15) is 4.79 Å². The fourth-order valence-corrected chi connectivity index (χ4v) is 4.47. The Morgan fingerprint density at radius 1 is 1.08 bits per heavy atom. The number of hydrogen-bond donors (Lipinski definition) is 0. The molecule has 0 radical (unpaired) electrons. The summed E-state index contributed by atoms with van der Waals surface area (Å²) >= 11 is 0. The van der Waals surface area contributed by atoms with Crippen LogP contribution in [0.3, 0.4) is 0 Å². The van der Waals surface area contributed by atoms with Crippen LogP contribution < -0.4 is 9.47 Å². The minimum absolute atomic E-state index is 0.137. The van der Waals surface area contributed by atoms with Gasteiger partial charge < -0.3 is 14.4 Å². The van der Waals surface area contributed by atoms with Gasteiger partial charge in [0.2, 0.25) is 0 Å². The van der Waals surface area contributed by atoms with E-state index in [-0.39, 0.29) is 5.91 Å². The third-order valence-corrected chi connectivity index (χ3v) is 5.61. The van der Waals surface area contributed by atoms with Crippen LogP contribution in [0.4, 0.5) is 0 Å². The first-order valence-electron chi connectivity index (χ1n) is 9.22. The topological polar surface area (TPSA) is 42.0 Å². The molecule has 1 amide bonds. The van der Waals surface area contributed by atoms with Crippen LogP contribution >= 0.6 is 0 Å². The largest absolute Gasteiger partial charge is 0.486 e. The maximum Gasteiger partial charge on any atom is 0.254 e. The predicted molar refractivity (Wildman–Crippen MR) is 91.8 cm³/mol. The lowest BCUT2D eigenvalue weighted by molar-refractivity contribution is 0.0649. The van der Waals surface area contributed by atoms with E-state index in [1.165, 1.54) is 19.4 Å². The lowest BCUT2D eigenvalue weighted by Crippen LogP contribution is -2.48. The lowest BCUT2D eigenvalue weighted by atomic mass is 10.0. The average molecular weight is 330 g/mol. The summed E-state index contributed by atoms with van der Waals surface area (Å²) in [6.07, 6.45) is 4.69. The highest BCUT2D eigenvalue weighted by Crippen LogP contribution is 2.34. The number of likely N-dealkylation sites (tertiary alicyclic amines) is 2. The first-order valence-corrected chi connectivity index (χ1v) is 9.22. The van der Waals surface area contributed by atoms with Crippen molar-refractivity contribution in [2.75, 3.05) is 32.8 Å². The molecule has 0 N–H and O–H groups in total. The van der Waals surface area contributed by atoms with Crippen LogP contribution in [0, 0.1) is 0 Å². The maximum absolute atomic E-state index is 13.1. The highest BCUT2D eigenvalue weighted by atomic mass is 16.6. The van der Waals surface area contributed by atoms with Crippen molar-refractivity contribution in [1.82, 2.24) is 9.80 Å². The maximum atomic E-state index is 13.1. The number of nitrogens with zero attached hydrogens (tertiary/aromatic N) is 2. The number of fused-ring (bicyclic) bond motifs is 1. The van der Waals surface area contributed by atoms with E-state index in [2.05, 4.69) is 16.7 Å². The van der Waals surface area contributed by atoms with Gasteiger partial charge in [0, 0.05) is 24.2 Å². The van der Waals surface area contributed by atoms with Crippen molar-refractivity contribution in [3.63, 3.8) is 0 Å². The van der Waals surface area contributed by atoms with E-state index in [0.717, 1.165) is 31.7 Å². The van der Waals surface area contributed by atoms with E-state index in [1.807, 2.05) is 18.2 Å². The quantitative estimate of drug-likeness (QED) is 0.854. The zero-order valence-corrected chi connectivity index (χ0v) is 14.4. The van der Waals surface area contributed by atoms with Crippen molar-refractivity contribution in [2.24, 2.45) is 0 Å². The van der Waals surface area contributed by atoms with Gasteiger partial charge in [0.05, 0.1) is 0 Å². The second-order valence-corrected chi connectivity index (χ2v) is 6.90. The Morgan fingerprint density at radius 3 is 2.67 bits per heavy atom. The molecule has 0 aliphatic carbocycles. The molecular formula is C19H26N2O3. The normalized spacial score (nSPS) is 26.8. The first kappa shape index (κ1) is 15.8. The van der Waals surface area contributed by atoms with Crippen LogP contribution in [0.15, 0.2) is 18.2 Å². The van der Waals surface area contributed by atoms with Crippen molar-refractivity contribution in [1.29, 1.82) is 0 Å². The average Bonchev–Trinajstić information content (AvgIpc) is 3.28. The minimum Gasteiger partial charge on any atom is -0.486 e. The Morgan fingerprint density at radius 2 is 1.83 bits per heavy atom. The van der Waals surface area contributed by atoms with E-state index in [1.54, 1.807) is 0 Å². The Bertz CT molecular complexity index is 619. The van der Waals surface area contributed by atoms with Gasteiger partial charge in [-0.3, -0.25) is 9.69 Å². The summed E-state index contributed by atoms with van der Waals surface area (Å²) in [6, 6.07) is 6.46. The van der Waals surface area contributed by atoms with Gasteiger partial charge in [-0.2, -0.15) is 0 Å². The minimum atomic E-state index is 0.137. The summed E-state index contributed by atoms with van der Waals surface area (Å²) in [7, 11) is 0. The van der Waals surface area contributed by atoms with Crippen molar-refractivity contribution in [3.8, 4) is 11.5 Å². The van der Waals surface area contributed by atoms with Crippen LogP contribution in [0.1, 0.15) is 43.0 Å². The summed E-state index contributed by atoms with van der Waals surface area (Å²) in [6.45, 7) is 6.46. The van der Waals surface area contributed by atoms with E-state index in [0.29, 0.717) is 36.6 Å². The molecule has 0 unspecified atom stereocenters. The number of carbonyl (C=O) groups is 1. The third-order valence-electron chi connectivity index (χ3n) is 5.61. The number of carbonyl (C=O) groups excluding carboxylic acids is 1. The van der Waals surface area contributed by atoms with Gasteiger partial charge in [-0.1, -0.05) is 6.92 Å². The molecule has 2 saturated heterocycles. The summed E-state index contributed by atoms with van der Waals surface area (Å²) in [5.74, 6) is 1.57. The number of amides is 1.